The Balaban J connectivity index is 1.89. The number of aryl methyl sites for hydroxylation is 1. The van der Waals surface area contributed by atoms with Gasteiger partial charge >= 0.3 is 0 Å². The molecule has 1 aliphatic heterocycles. The Bertz CT molecular complexity index is 1020. The van der Waals surface area contributed by atoms with Crippen LogP contribution in [0.25, 0.3) is 11.3 Å². The Morgan fingerprint density at radius 1 is 1.31 bits per heavy atom. The third-order valence-corrected chi connectivity index (χ3v) is 4.85. The van der Waals surface area contributed by atoms with Crippen molar-refractivity contribution in [2.24, 2.45) is 0 Å². The summed E-state index contributed by atoms with van der Waals surface area (Å²) in [7, 11) is 0. The van der Waals surface area contributed by atoms with E-state index >= 15 is 0 Å². The number of hydrogen-bond donors (Lipinski definition) is 2. The molecule has 0 atom stereocenters. The van der Waals surface area contributed by atoms with Crippen molar-refractivity contribution in [2.75, 3.05) is 26.2 Å². The number of terminal acetylenes is 1. The number of hydroxylamine groups is 1. The maximum absolute atomic E-state index is 11.6. The van der Waals surface area contributed by atoms with Crippen molar-refractivity contribution in [3.63, 3.8) is 0 Å². The summed E-state index contributed by atoms with van der Waals surface area (Å²) in [5.41, 5.74) is 7.16. The van der Waals surface area contributed by atoms with Crippen molar-refractivity contribution >= 4 is 5.57 Å². The Kier molecular flexibility index (Phi) is 6.55. The zero-order valence-corrected chi connectivity index (χ0v) is 16.7. The largest absolute Gasteiger partial charge is 0.503 e. The van der Waals surface area contributed by atoms with E-state index in [0.717, 1.165) is 47.8 Å². The lowest BCUT2D eigenvalue weighted by molar-refractivity contribution is 0.0559. The van der Waals surface area contributed by atoms with Crippen LogP contribution in [0.3, 0.4) is 0 Å². The summed E-state index contributed by atoms with van der Waals surface area (Å²) in [4.78, 5) is 19.1. The highest BCUT2D eigenvalue weighted by atomic mass is 16.6. The third kappa shape index (κ3) is 4.96. The highest BCUT2D eigenvalue weighted by molar-refractivity contribution is 5.77. The number of aromatic hydroxyl groups is 1. The summed E-state index contributed by atoms with van der Waals surface area (Å²) >= 11 is 0. The minimum absolute atomic E-state index is 0.276. The maximum Gasteiger partial charge on any atom is 0.223 e. The van der Waals surface area contributed by atoms with Gasteiger partial charge < -0.3 is 14.6 Å². The van der Waals surface area contributed by atoms with Crippen molar-refractivity contribution in [3.05, 3.63) is 75.9 Å². The molecule has 0 aliphatic carbocycles. The van der Waals surface area contributed by atoms with Gasteiger partial charge in [-0.05, 0) is 49.3 Å². The molecule has 0 saturated carbocycles. The van der Waals surface area contributed by atoms with E-state index in [0.29, 0.717) is 6.61 Å². The first-order valence-electron chi connectivity index (χ1n) is 9.47. The van der Waals surface area contributed by atoms with Gasteiger partial charge in [0.25, 0.3) is 0 Å². The van der Waals surface area contributed by atoms with Crippen LogP contribution in [0.5, 0.6) is 5.75 Å². The van der Waals surface area contributed by atoms with Crippen LogP contribution in [-0.2, 0) is 4.84 Å². The average Bonchev–Trinajstić information content (AvgIpc) is 3.00. The molecule has 150 valence electrons. The van der Waals surface area contributed by atoms with Crippen molar-refractivity contribution in [1.82, 2.24) is 14.9 Å². The lowest BCUT2D eigenvalue weighted by Crippen LogP contribution is -2.27. The Morgan fingerprint density at radius 2 is 2.07 bits per heavy atom. The van der Waals surface area contributed by atoms with Crippen LogP contribution < -0.4 is 10.9 Å². The predicted molar refractivity (Wildman–Crippen MR) is 115 cm³/mol. The normalized spacial score (nSPS) is 15.7. The van der Waals surface area contributed by atoms with Crippen LogP contribution in [0.4, 0.5) is 0 Å². The standard InChI is InChI=1S/C23H25N3O3/c1-4-5-20(14-17(2)25-11-10-24-29-13-12-25)19-6-8-21(9-7-19)26-16-23(28)22(27)15-18(26)3/h1,5-9,14-16,24,28H,10-13H2,2-3H3/b17-14+,20-5+. The van der Waals surface area contributed by atoms with Crippen molar-refractivity contribution in [2.45, 2.75) is 13.8 Å². The zero-order chi connectivity index (χ0) is 20.8. The lowest BCUT2D eigenvalue weighted by Gasteiger charge is -2.22. The van der Waals surface area contributed by atoms with Crippen LogP contribution in [0.2, 0.25) is 0 Å². The SMILES string of the molecule is C#C/C=C(\C=C(/C)N1CCNOCC1)c1ccc(-n2cc(O)c(=O)cc2C)cc1. The van der Waals surface area contributed by atoms with Crippen molar-refractivity contribution in [3.8, 4) is 23.8 Å². The molecule has 0 bridgehead atoms. The number of rotatable bonds is 4. The van der Waals surface area contributed by atoms with Crippen molar-refractivity contribution < 1.29 is 9.94 Å². The molecule has 1 fully saturated rings. The first kappa shape index (κ1) is 20.5. The lowest BCUT2D eigenvalue weighted by atomic mass is 10.0. The third-order valence-electron chi connectivity index (χ3n) is 4.85. The predicted octanol–water partition coefficient (Wildman–Crippen LogP) is 2.61. The van der Waals surface area contributed by atoms with E-state index in [2.05, 4.69) is 29.3 Å². The summed E-state index contributed by atoms with van der Waals surface area (Å²) in [6.07, 6.45) is 10.8. The fraction of sp³-hybridized carbons (Fsp3) is 0.261. The highest BCUT2D eigenvalue weighted by Crippen LogP contribution is 2.22. The minimum atomic E-state index is -0.385. The number of aromatic nitrogens is 1. The molecule has 0 amide bonds. The van der Waals surface area contributed by atoms with E-state index in [-0.39, 0.29) is 11.2 Å². The number of nitrogens with one attached hydrogen (secondary N) is 1. The number of pyridine rings is 1. The van der Waals surface area contributed by atoms with E-state index in [9.17, 15) is 9.90 Å². The smallest absolute Gasteiger partial charge is 0.223 e. The Hall–Kier alpha value is -3.27. The summed E-state index contributed by atoms with van der Waals surface area (Å²) in [5, 5.41) is 9.75. The molecule has 1 aromatic carbocycles. The van der Waals surface area contributed by atoms with Gasteiger partial charge in [0.1, 0.15) is 0 Å². The van der Waals surface area contributed by atoms with E-state index in [4.69, 9.17) is 11.3 Å². The second kappa shape index (κ2) is 9.28. The highest BCUT2D eigenvalue weighted by Gasteiger charge is 2.10. The van der Waals surface area contributed by atoms with E-state index in [1.807, 2.05) is 31.2 Å². The number of hydrogen-bond acceptors (Lipinski definition) is 5. The topological polar surface area (TPSA) is 66.7 Å². The van der Waals surface area contributed by atoms with Crippen LogP contribution in [-0.4, -0.2) is 40.8 Å². The summed E-state index contributed by atoms with van der Waals surface area (Å²) < 4.78 is 1.77. The van der Waals surface area contributed by atoms with Crippen molar-refractivity contribution in [1.29, 1.82) is 0 Å². The molecule has 6 heteroatoms. The fourth-order valence-corrected chi connectivity index (χ4v) is 3.27. The van der Waals surface area contributed by atoms with Gasteiger partial charge in [0.2, 0.25) is 5.43 Å². The van der Waals surface area contributed by atoms with Crippen LogP contribution in [0.15, 0.2) is 59.2 Å². The molecular weight excluding hydrogens is 366 g/mol. The summed E-state index contributed by atoms with van der Waals surface area (Å²) in [6, 6.07) is 9.24. The molecule has 0 unspecified atom stereocenters. The molecular formula is C23H25N3O3. The minimum Gasteiger partial charge on any atom is -0.503 e. The van der Waals surface area contributed by atoms with Gasteiger partial charge in [-0.25, -0.2) is 5.48 Å². The molecule has 2 N–H and O–H groups in total. The zero-order valence-electron chi connectivity index (χ0n) is 16.7. The Labute approximate surface area is 170 Å². The molecule has 1 saturated heterocycles. The molecule has 3 rings (SSSR count). The molecule has 6 nitrogen and oxygen atoms in total. The second-order valence-corrected chi connectivity index (χ2v) is 6.86. The quantitative estimate of drug-likeness (QED) is 0.620. The summed E-state index contributed by atoms with van der Waals surface area (Å²) in [6.45, 7) is 6.95. The molecule has 2 aromatic rings. The number of nitrogens with zero attached hydrogens (tertiary/aromatic N) is 2. The van der Waals surface area contributed by atoms with E-state index < -0.39 is 0 Å². The molecule has 0 radical (unpaired) electrons. The fourth-order valence-electron chi connectivity index (χ4n) is 3.27. The van der Waals surface area contributed by atoms with Gasteiger partial charge in [-0.2, -0.15) is 0 Å². The van der Waals surface area contributed by atoms with Crippen LogP contribution in [0.1, 0.15) is 18.2 Å². The average molecular weight is 391 g/mol. The van der Waals surface area contributed by atoms with Gasteiger partial charge in [-0.3, -0.25) is 9.63 Å². The van der Waals surface area contributed by atoms with E-state index in [1.165, 1.54) is 12.3 Å². The van der Waals surface area contributed by atoms with E-state index in [1.54, 1.807) is 10.6 Å². The number of benzene rings is 1. The van der Waals surface area contributed by atoms with Gasteiger partial charge in [-0.1, -0.05) is 18.1 Å². The van der Waals surface area contributed by atoms with Gasteiger partial charge in [0, 0.05) is 42.8 Å². The summed E-state index contributed by atoms with van der Waals surface area (Å²) in [5.74, 6) is 2.34. The monoisotopic (exact) mass is 391 g/mol. The Morgan fingerprint density at radius 3 is 2.79 bits per heavy atom. The maximum atomic E-state index is 11.6. The van der Waals surface area contributed by atoms with Crippen LogP contribution >= 0.6 is 0 Å². The first-order valence-corrected chi connectivity index (χ1v) is 9.47. The molecule has 2 heterocycles. The molecule has 1 aromatic heterocycles. The van der Waals surface area contributed by atoms with Crippen LogP contribution in [0, 0.1) is 19.3 Å². The van der Waals surface area contributed by atoms with Gasteiger partial charge in [-0.15, -0.1) is 6.42 Å². The number of allylic oxidation sites excluding steroid dienone is 4. The first-order chi connectivity index (χ1) is 14.0. The van der Waals surface area contributed by atoms with Gasteiger partial charge in [0.15, 0.2) is 5.75 Å². The molecule has 1 aliphatic rings. The second-order valence-electron chi connectivity index (χ2n) is 6.86. The van der Waals surface area contributed by atoms with Gasteiger partial charge in [0.05, 0.1) is 12.8 Å². The molecule has 0 spiro atoms. The molecule has 29 heavy (non-hydrogen) atoms.